The smallest absolute Gasteiger partial charge is 0.149 e. The molecule has 0 unspecified atom stereocenters. The summed E-state index contributed by atoms with van der Waals surface area (Å²) in [7, 11) is 0. The minimum atomic E-state index is -0.779. The number of aromatic nitrogens is 2. The quantitative estimate of drug-likeness (QED) is 0.720. The number of nitrogens with two attached hydrogens (primary N) is 1. The molecule has 0 spiro atoms. The Bertz CT molecular complexity index is 843. The highest BCUT2D eigenvalue weighted by Crippen LogP contribution is 2.30. The van der Waals surface area contributed by atoms with Crippen LogP contribution in [-0.4, -0.2) is 9.55 Å². The summed E-state index contributed by atoms with van der Waals surface area (Å²) >= 11 is 6.00. The molecule has 3 aromatic rings. The molecule has 2 N–H and O–H groups in total. The largest absolute Gasteiger partial charge is 0.396 e. The van der Waals surface area contributed by atoms with Crippen LogP contribution in [0.2, 0.25) is 5.02 Å². The lowest BCUT2D eigenvalue weighted by Crippen LogP contribution is -2.01. The summed E-state index contributed by atoms with van der Waals surface area (Å²) in [6, 6.07) is 7.28. The van der Waals surface area contributed by atoms with Gasteiger partial charge in [-0.05, 0) is 31.2 Å². The van der Waals surface area contributed by atoms with E-state index in [4.69, 9.17) is 17.3 Å². The highest BCUT2D eigenvalue weighted by atomic mass is 35.5. The van der Waals surface area contributed by atoms with Crippen LogP contribution in [0.5, 0.6) is 0 Å². The lowest BCUT2D eigenvalue weighted by molar-refractivity contribution is 0.587. The number of fused-ring (bicyclic) bond motifs is 1. The van der Waals surface area contributed by atoms with Gasteiger partial charge in [-0.25, -0.2) is 13.8 Å². The Morgan fingerprint density at radius 3 is 2.67 bits per heavy atom. The van der Waals surface area contributed by atoms with Crippen molar-refractivity contribution in [3.05, 3.63) is 47.0 Å². The van der Waals surface area contributed by atoms with Gasteiger partial charge in [-0.1, -0.05) is 11.6 Å². The van der Waals surface area contributed by atoms with Crippen molar-refractivity contribution in [2.24, 2.45) is 0 Å². The molecule has 0 atom stereocenters. The van der Waals surface area contributed by atoms with Crippen molar-refractivity contribution >= 4 is 28.3 Å². The third-order valence-electron chi connectivity index (χ3n) is 3.35. The van der Waals surface area contributed by atoms with Gasteiger partial charge in [0.15, 0.2) is 0 Å². The molecule has 0 saturated carbocycles. The van der Waals surface area contributed by atoms with E-state index in [1.54, 1.807) is 18.2 Å². The van der Waals surface area contributed by atoms with E-state index in [-0.39, 0.29) is 11.3 Å². The van der Waals surface area contributed by atoms with Crippen LogP contribution in [0, 0.1) is 11.6 Å². The number of nitrogen functional groups attached to an aromatic ring is 1. The van der Waals surface area contributed by atoms with E-state index in [0.29, 0.717) is 22.9 Å². The lowest BCUT2D eigenvalue weighted by Gasteiger charge is -2.08. The number of benzene rings is 2. The topological polar surface area (TPSA) is 43.8 Å². The average Bonchev–Trinajstić information content (AvgIpc) is 2.80. The van der Waals surface area contributed by atoms with Crippen LogP contribution in [0.15, 0.2) is 30.3 Å². The number of hydrogen-bond donors (Lipinski definition) is 1. The molecule has 3 rings (SSSR count). The molecule has 6 heteroatoms. The standard InChI is InChI=1S/C15H12ClF2N3/c1-2-21-14-5-8(16)3-4-13(14)20-15(21)9-6-12(19)11(18)7-10(9)17/h3-7H,2,19H2,1H3. The second kappa shape index (κ2) is 5.00. The molecule has 1 heterocycles. The maximum atomic E-state index is 14.1. The van der Waals surface area contributed by atoms with E-state index >= 15 is 0 Å². The molecule has 0 aliphatic heterocycles. The molecule has 0 aliphatic carbocycles. The summed E-state index contributed by atoms with van der Waals surface area (Å²) < 4.78 is 29.2. The minimum absolute atomic E-state index is 0.112. The third kappa shape index (κ3) is 2.23. The summed E-state index contributed by atoms with van der Waals surface area (Å²) in [4.78, 5) is 4.41. The van der Waals surface area contributed by atoms with E-state index in [1.165, 1.54) is 6.07 Å². The number of hydrogen-bond acceptors (Lipinski definition) is 2. The summed E-state index contributed by atoms with van der Waals surface area (Å²) in [5.41, 5.74) is 7.08. The summed E-state index contributed by atoms with van der Waals surface area (Å²) in [6.45, 7) is 2.49. The molecule has 0 aliphatic rings. The van der Waals surface area contributed by atoms with Crippen molar-refractivity contribution in [1.82, 2.24) is 9.55 Å². The normalized spacial score (nSPS) is 11.2. The van der Waals surface area contributed by atoms with Gasteiger partial charge in [-0.15, -0.1) is 0 Å². The number of halogens is 3. The van der Waals surface area contributed by atoms with E-state index in [0.717, 1.165) is 11.6 Å². The molecule has 21 heavy (non-hydrogen) atoms. The highest BCUT2D eigenvalue weighted by Gasteiger charge is 2.17. The fraction of sp³-hybridized carbons (Fsp3) is 0.133. The van der Waals surface area contributed by atoms with Crippen molar-refractivity contribution in [3.8, 4) is 11.4 Å². The zero-order valence-corrected chi connectivity index (χ0v) is 12.0. The molecule has 108 valence electrons. The van der Waals surface area contributed by atoms with E-state index in [9.17, 15) is 8.78 Å². The number of aryl methyl sites for hydroxylation is 1. The van der Waals surface area contributed by atoms with E-state index in [2.05, 4.69) is 4.98 Å². The highest BCUT2D eigenvalue weighted by molar-refractivity contribution is 6.31. The number of rotatable bonds is 2. The average molecular weight is 308 g/mol. The van der Waals surface area contributed by atoms with Gasteiger partial charge in [0.1, 0.15) is 17.5 Å². The zero-order chi connectivity index (χ0) is 15.1. The lowest BCUT2D eigenvalue weighted by atomic mass is 10.1. The number of nitrogens with zero attached hydrogens (tertiary/aromatic N) is 2. The number of anilines is 1. The molecule has 3 nitrogen and oxygen atoms in total. The second-order valence-corrected chi connectivity index (χ2v) is 5.10. The van der Waals surface area contributed by atoms with E-state index in [1.807, 2.05) is 11.5 Å². The fourth-order valence-corrected chi connectivity index (χ4v) is 2.53. The number of imidazole rings is 1. The van der Waals surface area contributed by atoms with Crippen LogP contribution in [0.1, 0.15) is 6.92 Å². The van der Waals surface area contributed by atoms with Crippen molar-refractivity contribution in [2.75, 3.05) is 5.73 Å². The van der Waals surface area contributed by atoms with Gasteiger partial charge in [0.25, 0.3) is 0 Å². The first-order valence-corrected chi connectivity index (χ1v) is 6.79. The first kappa shape index (κ1) is 13.8. The fourth-order valence-electron chi connectivity index (χ4n) is 2.36. The third-order valence-corrected chi connectivity index (χ3v) is 3.59. The minimum Gasteiger partial charge on any atom is -0.396 e. The molecule has 1 aromatic heterocycles. The van der Waals surface area contributed by atoms with Gasteiger partial charge < -0.3 is 10.3 Å². The Morgan fingerprint density at radius 2 is 1.95 bits per heavy atom. The molecule has 2 aromatic carbocycles. The van der Waals surface area contributed by atoms with Crippen LogP contribution < -0.4 is 5.73 Å². The van der Waals surface area contributed by atoms with Gasteiger partial charge >= 0.3 is 0 Å². The van der Waals surface area contributed by atoms with Crippen molar-refractivity contribution < 1.29 is 8.78 Å². The molecular formula is C15H12ClF2N3. The Morgan fingerprint density at radius 1 is 1.19 bits per heavy atom. The molecular weight excluding hydrogens is 296 g/mol. The van der Waals surface area contributed by atoms with Crippen molar-refractivity contribution in [2.45, 2.75) is 13.5 Å². The zero-order valence-electron chi connectivity index (χ0n) is 11.2. The second-order valence-electron chi connectivity index (χ2n) is 4.67. The predicted molar refractivity (Wildman–Crippen MR) is 80.2 cm³/mol. The maximum Gasteiger partial charge on any atom is 0.149 e. The Hall–Kier alpha value is -2.14. The van der Waals surface area contributed by atoms with Gasteiger partial charge in [-0.2, -0.15) is 0 Å². The Balaban J connectivity index is 2.32. The SMILES string of the molecule is CCn1c(-c2cc(N)c(F)cc2F)nc2ccc(Cl)cc21. The summed E-state index contributed by atoms with van der Waals surface area (Å²) in [6.07, 6.45) is 0. The molecule has 0 saturated heterocycles. The summed E-state index contributed by atoms with van der Waals surface area (Å²) in [5.74, 6) is -1.07. The molecule has 0 bridgehead atoms. The monoisotopic (exact) mass is 307 g/mol. The van der Waals surface area contributed by atoms with Crippen molar-refractivity contribution in [1.29, 1.82) is 0 Å². The van der Waals surface area contributed by atoms with Crippen LogP contribution in [0.4, 0.5) is 14.5 Å². The summed E-state index contributed by atoms with van der Waals surface area (Å²) in [5, 5.41) is 0.572. The van der Waals surface area contributed by atoms with Gasteiger partial charge in [-0.3, -0.25) is 0 Å². The van der Waals surface area contributed by atoms with Gasteiger partial charge in [0, 0.05) is 17.6 Å². The first-order valence-electron chi connectivity index (χ1n) is 6.42. The van der Waals surface area contributed by atoms with Gasteiger partial charge in [0.05, 0.1) is 22.3 Å². The molecule has 0 fully saturated rings. The van der Waals surface area contributed by atoms with Crippen LogP contribution in [-0.2, 0) is 6.54 Å². The Kier molecular flexibility index (Phi) is 3.29. The maximum absolute atomic E-state index is 14.1. The van der Waals surface area contributed by atoms with Gasteiger partial charge in [0.2, 0.25) is 0 Å². The predicted octanol–water partition coefficient (Wildman–Crippen LogP) is 4.24. The first-order chi connectivity index (χ1) is 10.0. The van der Waals surface area contributed by atoms with Crippen LogP contribution >= 0.6 is 11.6 Å². The van der Waals surface area contributed by atoms with Crippen molar-refractivity contribution in [3.63, 3.8) is 0 Å². The van der Waals surface area contributed by atoms with Crippen LogP contribution in [0.25, 0.3) is 22.4 Å². The molecule has 0 amide bonds. The van der Waals surface area contributed by atoms with Crippen LogP contribution in [0.3, 0.4) is 0 Å². The molecule has 0 radical (unpaired) electrons. The van der Waals surface area contributed by atoms with E-state index < -0.39 is 11.6 Å². The Labute approximate surface area is 125 Å².